The van der Waals surface area contributed by atoms with Gasteiger partial charge in [-0.1, -0.05) is 11.2 Å². The maximum Gasteiger partial charge on any atom is 0.339 e. The molecular formula is C26H19F3N5O4S+. The summed E-state index contributed by atoms with van der Waals surface area (Å²) in [5, 5.41) is 12.8. The van der Waals surface area contributed by atoms with E-state index in [-0.39, 0.29) is 26.5 Å². The van der Waals surface area contributed by atoms with Gasteiger partial charge in [-0.2, -0.15) is 0 Å². The van der Waals surface area contributed by atoms with Crippen LogP contribution in [0.25, 0.3) is 16.0 Å². The lowest BCUT2D eigenvalue weighted by molar-refractivity contribution is -0.582. The molecular weight excluding hydrogens is 535 g/mol. The second kappa shape index (κ2) is 8.85. The van der Waals surface area contributed by atoms with Crippen molar-refractivity contribution in [3.63, 3.8) is 0 Å². The Kier molecular flexibility index (Phi) is 5.67. The van der Waals surface area contributed by atoms with Crippen LogP contribution < -0.4 is 4.90 Å². The number of carboxylic acid groups (broad SMARTS) is 1. The molecule has 3 aliphatic heterocycles. The van der Waals surface area contributed by atoms with Crippen molar-refractivity contribution in [1.82, 2.24) is 0 Å². The Balaban J connectivity index is 1.75. The number of azide groups is 1. The average Bonchev–Trinajstić information content (AvgIpc) is 2.83. The van der Waals surface area contributed by atoms with Crippen LogP contribution in [0.15, 0.2) is 56.9 Å². The molecule has 0 amide bonds. The Morgan fingerprint density at radius 2 is 1.82 bits per heavy atom. The third-order valence-electron chi connectivity index (χ3n) is 7.40. The standard InChI is InChI=1S/C26H18F3N5O4S/c27-22-21(26(35)36)20(23(28)25(24(22)29)31-32-30)19-15-5-3-13(33-7-1-8-33)11-17(15)39(37,38)18-12-14(4-6-16(18)19)34-9-2-10-34/h3-6,11-12H,1-2,7-10H2/p+1. The fraction of sp³-hybridized carbons (Fsp3) is 0.231. The molecule has 0 atom stereocenters. The van der Waals surface area contributed by atoms with Gasteiger partial charge in [0.05, 0.1) is 16.2 Å². The maximum atomic E-state index is 15.9. The topological polar surface area (TPSA) is 126 Å². The summed E-state index contributed by atoms with van der Waals surface area (Å²) in [6.45, 7) is 2.84. The van der Waals surface area contributed by atoms with Crippen molar-refractivity contribution < 1.29 is 36.1 Å². The molecule has 2 fully saturated rings. The quantitative estimate of drug-likeness (QED) is 0.190. The number of fused-ring (bicyclic) bond motifs is 2. The molecule has 0 radical (unpaired) electrons. The van der Waals surface area contributed by atoms with E-state index in [4.69, 9.17) is 5.53 Å². The molecule has 2 aromatic carbocycles. The van der Waals surface area contributed by atoms with Crippen molar-refractivity contribution in [3.8, 4) is 0 Å². The number of sulfone groups is 1. The van der Waals surface area contributed by atoms with E-state index in [9.17, 15) is 22.7 Å². The number of aromatic carboxylic acids is 1. The van der Waals surface area contributed by atoms with Gasteiger partial charge in [-0.15, -0.1) is 0 Å². The summed E-state index contributed by atoms with van der Waals surface area (Å²) in [6.07, 6.45) is 6.29. The summed E-state index contributed by atoms with van der Waals surface area (Å²) in [4.78, 5) is 16.0. The Morgan fingerprint density at radius 3 is 2.41 bits per heavy atom. The number of benzene rings is 2. The van der Waals surface area contributed by atoms with Crippen LogP contribution in [-0.4, -0.2) is 56.0 Å². The van der Waals surface area contributed by atoms with Crippen molar-refractivity contribution in [2.75, 3.05) is 31.1 Å². The molecule has 9 nitrogen and oxygen atoms in total. The minimum absolute atomic E-state index is 0.0808. The van der Waals surface area contributed by atoms with Gasteiger partial charge in [-0.3, -0.25) is 0 Å². The zero-order valence-corrected chi connectivity index (χ0v) is 21.0. The normalized spacial score (nSPS) is 18.9. The maximum absolute atomic E-state index is 15.9. The van der Waals surface area contributed by atoms with Gasteiger partial charge in [0.25, 0.3) is 0 Å². The van der Waals surface area contributed by atoms with Crippen molar-refractivity contribution >= 4 is 38.5 Å². The third kappa shape index (κ3) is 3.61. The second-order valence-corrected chi connectivity index (χ2v) is 11.3. The monoisotopic (exact) mass is 554 g/mol. The van der Waals surface area contributed by atoms with E-state index < -0.39 is 50.1 Å². The largest absolute Gasteiger partial charge is 0.478 e. The van der Waals surface area contributed by atoms with Crippen LogP contribution in [0, 0.1) is 17.5 Å². The zero-order chi connectivity index (χ0) is 27.6. The summed E-state index contributed by atoms with van der Waals surface area (Å²) < 4.78 is 75.6. The highest BCUT2D eigenvalue weighted by Gasteiger charge is 2.41. The Hall–Kier alpha value is -4.35. The zero-order valence-electron chi connectivity index (χ0n) is 20.2. The van der Waals surface area contributed by atoms with E-state index in [1.165, 1.54) is 24.3 Å². The second-order valence-electron chi connectivity index (χ2n) is 9.46. The molecule has 13 heteroatoms. The van der Waals surface area contributed by atoms with E-state index in [1.807, 2.05) is 9.48 Å². The van der Waals surface area contributed by atoms with Crippen molar-refractivity contribution in [1.29, 1.82) is 0 Å². The van der Waals surface area contributed by atoms with Crippen LogP contribution in [0.5, 0.6) is 0 Å². The number of carbonyl (C=O) groups is 1. The molecule has 0 spiro atoms. The molecule has 0 unspecified atom stereocenters. The number of anilines is 1. The molecule has 0 aromatic heterocycles. The van der Waals surface area contributed by atoms with Crippen LogP contribution in [0.2, 0.25) is 0 Å². The smallest absolute Gasteiger partial charge is 0.339 e. The fourth-order valence-electron chi connectivity index (χ4n) is 5.17. The first kappa shape index (κ1) is 25.0. The number of halogens is 3. The molecule has 4 aliphatic rings. The van der Waals surface area contributed by atoms with Gasteiger partial charge in [0.2, 0.25) is 15.5 Å². The number of hydrogen-bond acceptors (Lipinski definition) is 5. The number of nitrogens with zero attached hydrogens (tertiary/aromatic N) is 5. The summed E-state index contributed by atoms with van der Waals surface area (Å²) in [7, 11) is -4.20. The van der Waals surface area contributed by atoms with Gasteiger partial charge >= 0.3 is 5.97 Å². The van der Waals surface area contributed by atoms with Gasteiger partial charge in [0.15, 0.2) is 11.6 Å². The van der Waals surface area contributed by atoms with Crippen LogP contribution in [0.4, 0.5) is 24.5 Å². The molecule has 0 bridgehead atoms. The molecule has 3 heterocycles. The number of rotatable bonds is 4. The molecule has 2 aromatic rings. The van der Waals surface area contributed by atoms with E-state index in [0.717, 1.165) is 12.8 Å². The predicted octanol–water partition coefficient (Wildman–Crippen LogP) is 4.85. The first-order valence-electron chi connectivity index (χ1n) is 12.0. The highest BCUT2D eigenvalue weighted by Crippen LogP contribution is 2.49. The molecule has 6 rings (SSSR count). The van der Waals surface area contributed by atoms with E-state index in [1.54, 1.807) is 12.1 Å². The SMILES string of the molecule is [N-]=[N+]=Nc1c(F)c(F)c(C(=O)O)c(C2=C3C=CC(=[N+]4CCC4)C=C3S(=O)(=O)c3cc(N4CCC4)ccc32)c1F. The molecule has 2 saturated heterocycles. The van der Waals surface area contributed by atoms with E-state index in [0.29, 0.717) is 37.6 Å². The molecule has 1 N–H and O–H groups in total. The van der Waals surface area contributed by atoms with Crippen LogP contribution in [0.1, 0.15) is 34.3 Å². The lowest BCUT2D eigenvalue weighted by Crippen LogP contribution is -2.37. The first-order valence-corrected chi connectivity index (χ1v) is 13.5. The van der Waals surface area contributed by atoms with Gasteiger partial charge in [0.1, 0.15) is 30.2 Å². The highest BCUT2D eigenvalue weighted by atomic mass is 32.2. The van der Waals surface area contributed by atoms with Crippen molar-refractivity contribution in [3.05, 3.63) is 91.5 Å². The van der Waals surface area contributed by atoms with Crippen LogP contribution >= 0.6 is 0 Å². The molecule has 39 heavy (non-hydrogen) atoms. The molecule has 1 aliphatic carbocycles. The number of allylic oxidation sites excluding steroid dienone is 4. The van der Waals surface area contributed by atoms with Gasteiger partial charge in [-0.25, -0.2) is 31.0 Å². The van der Waals surface area contributed by atoms with Gasteiger partial charge in [-0.05, 0) is 30.2 Å². The Bertz CT molecular complexity index is 1790. The average molecular weight is 555 g/mol. The third-order valence-corrected chi connectivity index (χ3v) is 9.23. The van der Waals surface area contributed by atoms with Crippen LogP contribution in [0.3, 0.4) is 0 Å². The summed E-state index contributed by atoms with van der Waals surface area (Å²) >= 11 is 0. The van der Waals surface area contributed by atoms with Crippen molar-refractivity contribution in [2.45, 2.75) is 17.7 Å². The van der Waals surface area contributed by atoms with E-state index in [2.05, 4.69) is 10.0 Å². The highest BCUT2D eigenvalue weighted by molar-refractivity contribution is 7.95. The lowest BCUT2D eigenvalue weighted by atomic mass is 9.86. The fourth-order valence-corrected chi connectivity index (χ4v) is 6.88. The Morgan fingerprint density at radius 1 is 1.08 bits per heavy atom. The summed E-state index contributed by atoms with van der Waals surface area (Å²) in [6, 6.07) is 4.44. The summed E-state index contributed by atoms with van der Waals surface area (Å²) in [5.41, 5.74) is 6.01. The van der Waals surface area contributed by atoms with E-state index >= 15 is 8.78 Å². The molecule has 0 saturated carbocycles. The molecule has 198 valence electrons. The number of carboxylic acids is 1. The minimum atomic E-state index is -4.20. The van der Waals surface area contributed by atoms with Gasteiger partial charge in [0, 0.05) is 58.1 Å². The number of hydrogen-bond donors (Lipinski definition) is 1. The Labute approximate surface area is 220 Å². The first-order chi connectivity index (χ1) is 18.6. The predicted molar refractivity (Wildman–Crippen MR) is 135 cm³/mol. The van der Waals surface area contributed by atoms with Gasteiger partial charge < -0.3 is 10.0 Å². The van der Waals surface area contributed by atoms with Crippen molar-refractivity contribution in [2.24, 2.45) is 5.11 Å². The van der Waals surface area contributed by atoms with Crippen LogP contribution in [-0.2, 0) is 9.84 Å². The lowest BCUT2D eigenvalue weighted by Gasteiger charge is -2.34. The minimum Gasteiger partial charge on any atom is -0.478 e. The summed E-state index contributed by atoms with van der Waals surface area (Å²) in [5.74, 6) is -7.49.